The Hall–Kier alpha value is -1.09. The number of nitrogens with two attached hydrogens (primary N) is 1. The smallest absolute Gasteiger partial charge is 0.123 e. The van der Waals surface area contributed by atoms with E-state index < -0.39 is 0 Å². The van der Waals surface area contributed by atoms with Crippen LogP contribution in [0.3, 0.4) is 0 Å². The van der Waals surface area contributed by atoms with Crippen molar-refractivity contribution in [1.82, 2.24) is 9.88 Å². The maximum Gasteiger partial charge on any atom is 0.123 e. The molecule has 2 N–H and O–H groups in total. The van der Waals surface area contributed by atoms with Gasteiger partial charge in [0.25, 0.3) is 0 Å². The summed E-state index contributed by atoms with van der Waals surface area (Å²) in [6.07, 6.45) is 3.15. The number of nitrogen functional groups attached to an aromatic ring is 1. The molecule has 2 heterocycles. The molecule has 1 aromatic heterocycles. The number of rotatable bonds is 3. The molecule has 14 heavy (non-hydrogen) atoms. The van der Waals surface area contributed by atoms with Crippen molar-refractivity contribution in [2.45, 2.75) is 19.3 Å². The molecule has 1 fully saturated rings. The van der Waals surface area contributed by atoms with Crippen LogP contribution in [0.2, 0.25) is 0 Å². The van der Waals surface area contributed by atoms with Crippen LogP contribution >= 0.6 is 0 Å². The highest BCUT2D eigenvalue weighted by Crippen LogP contribution is 2.26. The highest BCUT2D eigenvalue weighted by atomic mass is 15.2. The summed E-state index contributed by atoms with van der Waals surface area (Å²) in [6, 6.07) is 3.98. The second-order valence-corrected chi connectivity index (χ2v) is 3.97. The highest BCUT2D eigenvalue weighted by molar-refractivity contribution is 5.31. The second-order valence-electron chi connectivity index (χ2n) is 3.97. The van der Waals surface area contributed by atoms with Gasteiger partial charge in [0.2, 0.25) is 0 Å². The number of hydrogen-bond acceptors (Lipinski definition) is 3. The summed E-state index contributed by atoms with van der Waals surface area (Å²) in [4.78, 5) is 6.59. The van der Waals surface area contributed by atoms with Crippen LogP contribution in [0.25, 0.3) is 0 Å². The minimum atomic E-state index is 0.610. The molecule has 0 saturated carbocycles. The summed E-state index contributed by atoms with van der Waals surface area (Å²) in [5, 5.41) is 0. The zero-order valence-corrected chi connectivity index (χ0v) is 8.61. The molecule has 3 heteroatoms. The van der Waals surface area contributed by atoms with Gasteiger partial charge in [-0.15, -0.1) is 0 Å². The number of anilines is 1. The average Bonchev–Trinajstić information content (AvgIpc) is 2.13. The maximum atomic E-state index is 5.54. The molecule has 0 spiro atoms. The van der Waals surface area contributed by atoms with Crippen LogP contribution in [0, 0.1) is 0 Å². The first kappa shape index (κ1) is 9.46. The number of nitrogens with zero attached hydrogens (tertiary/aromatic N) is 2. The maximum absolute atomic E-state index is 5.54. The first-order chi connectivity index (χ1) is 6.79. The van der Waals surface area contributed by atoms with Crippen molar-refractivity contribution in [2.75, 3.05) is 25.4 Å². The molecule has 76 valence electrons. The van der Waals surface area contributed by atoms with Gasteiger partial charge in [-0.3, -0.25) is 0 Å². The van der Waals surface area contributed by atoms with Crippen molar-refractivity contribution in [2.24, 2.45) is 0 Å². The minimum absolute atomic E-state index is 0.610. The molecular weight excluding hydrogens is 174 g/mol. The third-order valence-corrected chi connectivity index (χ3v) is 2.78. The van der Waals surface area contributed by atoms with E-state index in [-0.39, 0.29) is 0 Å². The molecule has 0 aliphatic carbocycles. The average molecular weight is 191 g/mol. The molecule has 0 aromatic carbocycles. The third-order valence-electron chi connectivity index (χ3n) is 2.78. The van der Waals surface area contributed by atoms with E-state index in [4.69, 9.17) is 5.73 Å². The number of hydrogen-bond donors (Lipinski definition) is 1. The summed E-state index contributed by atoms with van der Waals surface area (Å²) in [5.41, 5.74) is 6.87. The summed E-state index contributed by atoms with van der Waals surface area (Å²) >= 11 is 0. The number of pyridine rings is 1. The van der Waals surface area contributed by atoms with E-state index in [0.29, 0.717) is 11.7 Å². The molecule has 1 aliphatic rings. The molecule has 1 saturated heterocycles. The first-order valence-corrected chi connectivity index (χ1v) is 5.23. The first-order valence-electron chi connectivity index (χ1n) is 5.23. The van der Waals surface area contributed by atoms with E-state index in [2.05, 4.69) is 22.9 Å². The molecule has 0 bridgehead atoms. The van der Waals surface area contributed by atoms with Gasteiger partial charge in [-0.25, -0.2) is 4.98 Å². The Morgan fingerprint density at radius 2 is 2.29 bits per heavy atom. The highest BCUT2D eigenvalue weighted by Gasteiger charge is 2.26. The van der Waals surface area contributed by atoms with Crippen LogP contribution in [0.1, 0.15) is 24.8 Å². The molecule has 2 rings (SSSR count). The second kappa shape index (κ2) is 3.96. The monoisotopic (exact) mass is 191 g/mol. The van der Waals surface area contributed by atoms with Crippen LogP contribution in [0.15, 0.2) is 18.3 Å². The van der Waals surface area contributed by atoms with E-state index in [9.17, 15) is 0 Å². The van der Waals surface area contributed by atoms with Crippen molar-refractivity contribution in [1.29, 1.82) is 0 Å². The lowest BCUT2D eigenvalue weighted by atomic mass is 9.92. The van der Waals surface area contributed by atoms with Crippen molar-refractivity contribution in [3.8, 4) is 0 Å². The largest absolute Gasteiger partial charge is 0.384 e. The molecule has 0 atom stereocenters. The number of likely N-dealkylation sites (tertiary alicyclic amines) is 1. The fourth-order valence-corrected chi connectivity index (χ4v) is 1.94. The Kier molecular flexibility index (Phi) is 2.68. The van der Waals surface area contributed by atoms with Gasteiger partial charge in [0.1, 0.15) is 5.82 Å². The van der Waals surface area contributed by atoms with Crippen LogP contribution in [-0.4, -0.2) is 29.5 Å². The van der Waals surface area contributed by atoms with Gasteiger partial charge in [-0.2, -0.15) is 0 Å². The summed E-state index contributed by atoms with van der Waals surface area (Å²) < 4.78 is 0. The zero-order valence-electron chi connectivity index (χ0n) is 8.61. The fraction of sp³-hybridized carbons (Fsp3) is 0.545. The SMILES string of the molecule is CCCN1CC(c2ccc(N)nc2)C1. The van der Waals surface area contributed by atoms with Crippen molar-refractivity contribution in [3.63, 3.8) is 0 Å². The zero-order chi connectivity index (χ0) is 9.97. The Bertz CT molecular complexity index is 288. The molecule has 0 amide bonds. The van der Waals surface area contributed by atoms with Crippen LogP contribution in [0.5, 0.6) is 0 Å². The Morgan fingerprint density at radius 1 is 1.50 bits per heavy atom. The van der Waals surface area contributed by atoms with E-state index >= 15 is 0 Å². The quantitative estimate of drug-likeness (QED) is 0.786. The van der Waals surface area contributed by atoms with Crippen molar-refractivity contribution in [3.05, 3.63) is 23.9 Å². The molecule has 1 aromatic rings. The summed E-state index contributed by atoms with van der Waals surface area (Å²) in [5.74, 6) is 1.29. The van der Waals surface area contributed by atoms with Crippen LogP contribution in [-0.2, 0) is 0 Å². The lowest BCUT2D eigenvalue weighted by Crippen LogP contribution is -2.45. The molecule has 3 nitrogen and oxygen atoms in total. The van der Waals surface area contributed by atoms with Gasteiger partial charge in [0.15, 0.2) is 0 Å². The molecule has 1 aliphatic heterocycles. The standard InChI is InChI=1S/C11H17N3/c1-2-5-14-7-10(8-14)9-3-4-11(12)13-6-9/h3-4,6,10H,2,5,7-8H2,1H3,(H2,12,13). The van der Waals surface area contributed by atoms with Gasteiger partial charge < -0.3 is 10.6 Å². The Morgan fingerprint density at radius 3 is 2.86 bits per heavy atom. The minimum Gasteiger partial charge on any atom is -0.384 e. The van der Waals surface area contributed by atoms with E-state index in [1.807, 2.05) is 12.3 Å². The van der Waals surface area contributed by atoms with E-state index in [1.165, 1.54) is 31.6 Å². The van der Waals surface area contributed by atoms with E-state index in [0.717, 1.165) is 0 Å². The van der Waals surface area contributed by atoms with Crippen molar-refractivity contribution >= 4 is 5.82 Å². The number of aromatic nitrogens is 1. The predicted molar refractivity (Wildman–Crippen MR) is 58.1 cm³/mol. The van der Waals surface area contributed by atoms with Crippen LogP contribution in [0.4, 0.5) is 5.82 Å². The summed E-state index contributed by atoms with van der Waals surface area (Å²) in [7, 11) is 0. The van der Waals surface area contributed by atoms with Gasteiger partial charge >= 0.3 is 0 Å². The third kappa shape index (κ3) is 1.87. The molecular formula is C11H17N3. The fourth-order valence-electron chi connectivity index (χ4n) is 1.94. The van der Waals surface area contributed by atoms with Gasteiger partial charge in [0, 0.05) is 25.2 Å². The Balaban J connectivity index is 1.90. The van der Waals surface area contributed by atoms with Gasteiger partial charge in [0.05, 0.1) is 0 Å². The predicted octanol–water partition coefficient (Wildman–Crippen LogP) is 1.47. The van der Waals surface area contributed by atoms with E-state index in [1.54, 1.807) is 0 Å². The normalized spacial score (nSPS) is 18.1. The van der Waals surface area contributed by atoms with Crippen LogP contribution < -0.4 is 5.73 Å². The summed E-state index contributed by atoms with van der Waals surface area (Å²) in [6.45, 7) is 5.80. The topological polar surface area (TPSA) is 42.1 Å². The molecule has 0 unspecified atom stereocenters. The van der Waals surface area contributed by atoms with Crippen molar-refractivity contribution < 1.29 is 0 Å². The van der Waals surface area contributed by atoms with Gasteiger partial charge in [-0.1, -0.05) is 13.0 Å². The lowest BCUT2D eigenvalue weighted by molar-refractivity contribution is 0.148. The molecule has 0 radical (unpaired) electrons. The Labute approximate surface area is 84.9 Å². The lowest BCUT2D eigenvalue weighted by Gasteiger charge is -2.39. The van der Waals surface area contributed by atoms with Gasteiger partial charge in [-0.05, 0) is 24.6 Å².